The van der Waals surface area contributed by atoms with E-state index in [-0.39, 0.29) is 12.5 Å². The lowest BCUT2D eigenvalue weighted by atomic mass is 10.2. The third-order valence-electron chi connectivity index (χ3n) is 4.23. The van der Waals surface area contributed by atoms with E-state index in [0.717, 1.165) is 29.3 Å². The molecule has 2 aromatic rings. The van der Waals surface area contributed by atoms with E-state index >= 15 is 0 Å². The fourth-order valence-corrected chi connectivity index (χ4v) is 2.81. The van der Waals surface area contributed by atoms with Crippen molar-refractivity contribution >= 4 is 17.3 Å². The minimum absolute atomic E-state index is 0.112. The van der Waals surface area contributed by atoms with Gasteiger partial charge in [-0.05, 0) is 37.6 Å². The molecular weight excluding hydrogens is 352 g/mol. The average molecular weight is 385 g/mol. The maximum atomic E-state index is 12.2. The Hall–Kier alpha value is -2.69. The minimum atomic E-state index is -0.112. The Labute approximate surface area is 168 Å². The van der Waals surface area contributed by atoms with Crippen LogP contribution >= 0.6 is 0 Å². The minimum Gasteiger partial charge on any atom is -0.494 e. The molecule has 0 aromatic heterocycles. The van der Waals surface area contributed by atoms with Gasteiger partial charge in [-0.3, -0.25) is 4.79 Å². The van der Waals surface area contributed by atoms with Crippen molar-refractivity contribution in [3.8, 4) is 11.5 Å². The zero-order valence-corrected chi connectivity index (χ0v) is 17.0. The third kappa shape index (κ3) is 8.33. The summed E-state index contributed by atoms with van der Waals surface area (Å²) in [6, 6.07) is 15.1. The number of hydrogen-bond acceptors (Lipinski definition) is 4. The van der Waals surface area contributed by atoms with E-state index in [1.54, 1.807) is 0 Å². The number of carbonyl (C=O) groups excluding carboxylic acids is 1. The smallest absolute Gasteiger partial charge is 0.243 e. The molecule has 0 saturated carbocycles. The van der Waals surface area contributed by atoms with Gasteiger partial charge in [0.1, 0.15) is 11.5 Å². The van der Waals surface area contributed by atoms with Gasteiger partial charge in [0.15, 0.2) is 0 Å². The number of amides is 1. The number of hydrogen-bond donors (Lipinski definition) is 2. The van der Waals surface area contributed by atoms with Crippen molar-refractivity contribution in [2.75, 3.05) is 30.4 Å². The van der Waals surface area contributed by atoms with Gasteiger partial charge in [-0.25, -0.2) is 0 Å². The first kappa shape index (κ1) is 21.6. The van der Waals surface area contributed by atoms with Crippen molar-refractivity contribution in [1.82, 2.24) is 0 Å². The summed E-state index contributed by atoms with van der Waals surface area (Å²) < 4.78 is 11.3. The maximum absolute atomic E-state index is 12.2. The molecular formula is C23H32N2O3. The van der Waals surface area contributed by atoms with Crippen LogP contribution in [0.1, 0.15) is 46.0 Å². The van der Waals surface area contributed by atoms with Gasteiger partial charge in [0.05, 0.1) is 19.8 Å². The molecule has 1 amide bonds. The Morgan fingerprint density at radius 2 is 1.54 bits per heavy atom. The summed E-state index contributed by atoms with van der Waals surface area (Å²) in [6.07, 6.45) is 6.04. The number of ether oxygens (including phenoxy) is 2. The van der Waals surface area contributed by atoms with Crippen LogP contribution in [0.15, 0.2) is 48.5 Å². The molecule has 0 spiro atoms. The highest BCUT2D eigenvalue weighted by molar-refractivity contribution is 5.93. The van der Waals surface area contributed by atoms with E-state index in [4.69, 9.17) is 9.47 Å². The van der Waals surface area contributed by atoms with Crippen molar-refractivity contribution in [1.29, 1.82) is 0 Å². The molecule has 0 bridgehead atoms. The van der Waals surface area contributed by atoms with E-state index in [9.17, 15) is 4.79 Å². The zero-order chi connectivity index (χ0) is 20.0. The molecule has 0 aliphatic rings. The fourth-order valence-electron chi connectivity index (χ4n) is 2.81. The molecule has 0 unspecified atom stereocenters. The average Bonchev–Trinajstić information content (AvgIpc) is 2.70. The molecule has 0 fully saturated rings. The Morgan fingerprint density at radius 3 is 2.29 bits per heavy atom. The molecule has 28 heavy (non-hydrogen) atoms. The zero-order valence-electron chi connectivity index (χ0n) is 17.0. The van der Waals surface area contributed by atoms with Gasteiger partial charge < -0.3 is 20.1 Å². The van der Waals surface area contributed by atoms with Gasteiger partial charge in [-0.15, -0.1) is 0 Å². The summed E-state index contributed by atoms with van der Waals surface area (Å²) in [5.41, 5.74) is 1.58. The van der Waals surface area contributed by atoms with Crippen LogP contribution in [0, 0.1) is 0 Å². The first-order chi connectivity index (χ1) is 13.7. The van der Waals surface area contributed by atoms with Crippen LogP contribution in [-0.4, -0.2) is 25.7 Å². The molecule has 5 nitrogen and oxygen atoms in total. The largest absolute Gasteiger partial charge is 0.494 e. The van der Waals surface area contributed by atoms with Crippen LogP contribution in [0.4, 0.5) is 11.4 Å². The molecule has 0 aliphatic carbocycles. The van der Waals surface area contributed by atoms with Gasteiger partial charge >= 0.3 is 0 Å². The molecule has 2 N–H and O–H groups in total. The quantitative estimate of drug-likeness (QED) is 0.449. The SMILES string of the molecule is CCCCCCCOc1cccc(NC(=O)CNc2cccc(OCC)c2)c1. The lowest BCUT2D eigenvalue weighted by Crippen LogP contribution is -2.21. The Kier molecular flexibility index (Phi) is 9.76. The lowest BCUT2D eigenvalue weighted by Gasteiger charge is -2.11. The summed E-state index contributed by atoms with van der Waals surface area (Å²) in [6.45, 7) is 5.65. The number of carbonyl (C=O) groups is 1. The normalized spacial score (nSPS) is 10.4. The van der Waals surface area contributed by atoms with Crippen LogP contribution < -0.4 is 20.1 Å². The number of rotatable bonds is 13. The second kappa shape index (κ2) is 12.7. The molecule has 2 aromatic carbocycles. The van der Waals surface area contributed by atoms with E-state index in [0.29, 0.717) is 13.2 Å². The van der Waals surface area contributed by atoms with Gasteiger partial charge in [0.25, 0.3) is 0 Å². The summed E-state index contributed by atoms with van der Waals surface area (Å²) in [4.78, 5) is 12.2. The number of unbranched alkanes of at least 4 members (excludes halogenated alkanes) is 4. The summed E-state index contributed by atoms with van der Waals surface area (Å²) >= 11 is 0. The van der Waals surface area contributed by atoms with Crippen LogP contribution in [0.25, 0.3) is 0 Å². The first-order valence-corrected chi connectivity index (χ1v) is 10.2. The monoisotopic (exact) mass is 384 g/mol. The van der Waals surface area contributed by atoms with Gasteiger partial charge in [-0.2, -0.15) is 0 Å². The first-order valence-electron chi connectivity index (χ1n) is 10.2. The highest BCUT2D eigenvalue weighted by Gasteiger charge is 2.04. The van der Waals surface area contributed by atoms with Crippen LogP contribution in [-0.2, 0) is 4.79 Å². The second-order valence-electron chi connectivity index (χ2n) is 6.65. The number of benzene rings is 2. The van der Waals surface area contributed by atoms with E-state index in [1.807, 2.05) is 55.5 Å². The summed E-state index contributed by atoms with van der Waals surface area (Å²) in [5.74, 6) is 1.46. The summed E-state index contributed by atoms with van der Waals surface area (Å²) in [7, 11) is 0. The Morgan fingerprint density at radius 1 is 0.857 bits per heavy atom. The third-order valence-corrected chi connectivity index (χ3v) is 4.23. The Balaban J connectivity index is 1.75. The number of anilines is 2. The lowest BCUT2D eigenvalue weighted by molar-refractivity contribution is -0.114. The topological polar surface area (TPSA) is 59.6 Å². The highest BCUT2D eigenvalue weighted by atomic mass is 16.5. The van der Waals surface area contributed by atoms with Crippen molar-refractivity contribution in [2.24, 2.45) is 0 Å². The number of nitrogens with one attached hydrogen (secondary N) is 2. The molecule has 5 heteroatoms. The molecule has 0 heterocycles. The van der Waals surface area contributed by atoms with Crippen molar-refractivity contribution in [3.63, 3.8) is 0 Å². The standard InChI is InChI=1S/C23H32N2O3/c1-3-5-6-7-8-15-28-22-14-10-12-20(17-22)25-23(26)18-24-19-11-9-13-21(16-19)27-4-2/h9-14,16-17,24H,3-8,15,18H2,1-2H3,(H,25,26). The molecule has 0 aliphatic heterocycles. The summed E-state index contributed by atoms with van der Waals surface area (Å²) in [5, 5.41) is 6.01. The molecule has 0 atom stereocenters. The maximum Gasteiger partial charge on any atom is 0.243 e. The van der Waals surface area contributed by atoms with Gasteiger partial charge in [-0.1, -0.05) is 44.7 Å². The van der Waals surface area contributed by atoms with E-state index in [2.05, 4.69) is 17.6 Å². The van der Waals surface area contributed by atoms with Crippen LogP contribution in [0.5, 0.6) is 11.5 Å². The predicted octanol–water partition coefficient (Wildman–Crippen LogP) is 5.49. The molecule has 2 rings (SSSR count). The van der Waals surface area contributed by atoms with Crippen LogP contribution in [0.3, 0.4) is 0 Å². The molecule has 0 saturated heterocycles. The van der Waals surface area contributed by atoms with Gasteiger partial charge in [0.2, 0.25) is 5.91 Å². The van der Waals surface area contributed by atoms with Gasteiger partial charge in [0, 0.05) is 23.5 Å². The second-order valence-corrected chi connectivity index (χ2v) is 6.65. The Bertz CT molecular complexity index is 718. The van der Waals surface area contributed by atoms with Crippen molar-refractivity contribution < 1.29 is 14.3 Å². The molecule has 152 valence electrons. The van der Waals surface area contributed by atoms with Crippen molar-refractivity contribution in [2.45, 2.75) is 46.0 Å². The predicted molar refractivity (Wildman–Crippen MR) is 115 cm³/mol. The van der Waals surface area contributed by atoms with Crippen LogP contribution in [0.2, 0.25) is 0 Å². The van der Waals surface area contributed by atoms with E-state index < -0.39 is 0 Å². The fraction of sp³-hybridized carbons (Fsp3) is 0.435. The van der Waals surface area contributed by atoms with E-state index in [1.165, 1.54) is 25.7 Å². The molecule has 0 radical (unpaired) electrons. The van der Waals surface area contributed by atoms with Crippen molar-refractivity contribution in [3.05, 3.63) is 48.5 Å². The highest BCUT2D eigenvalue weighted by Crippen LogP contribution is 2.19.